The molecule has 0 saturated heterocycles. The number of alkyl halides is 6. The van der Waals surface area contributed by atoms with Gasteiger partial charge in [0.05, 0.1) is 11.0 Å². The highest BCUT2D eigenvalue weighted by molar-refractivity contribution is 6.00. The van der Waals surface area contributed by atoms with Gasteiger partial charge in [0.2, 0.25) is 0 Å². The molecule has 0 saturated carbocycles. The summed E-state index contributed by atoms with van der Waals surface area (Å²) in [7, 11) is 0. The molecule has 0 fully saturated rings. The Balaban J connectivity index is 0.00000297. The molecule has 0 bridgehead atoms. The van der Waals surface area contributed by atoms with Crippen LogP contribution in [0.5, 0.6) is 0 Å². The molecule has 0 aliphatic heterocycles. The van der Waals surface area contributed by atoms with E-state index in [1.165, 1.54) is 12.1 Å². The van der Waals surface area contributed by atoms with Crippen LogP contribution in [0.1, 0.15) is 73.5 Å². The number of carbonyl (C=O) groups is 1. The molecule has 0 unspecified atom stereocenters. The molecular formula is C42H47F6N3O. The van der Waals surface area contributed by atoms with E-state index in [1.54, 1.807) is 24.3 Å². The van der Waals surface area contributed by atoms with Gasteiger partial charge in [-0.05, 0) is 90.5 Å². The van der Waals surface area contributed by atoms with Crippen molar-refractivity contribution in [2.24, 2.45) is 0 Å². The van der Waals surface area contributed by atoms with Gasteiger partial charge in [0.15, 0.2) is 0 Å². The Labute approximate surface area is 302 Å². The first-order chi connectivity index (χ1) is 24.8. The van der Waals surface area contributed by atoms with E-state index in [0.29, 0.717) is 41.8 Å². The number of hydrogen-bond donors (Lipinski definition) is 2. The number of hydrogen-bond acceptors (Lipinski definition) is 3. The number of amides is 1. The highest BCUT2D eigenvalue weighted by Gasteiger charge is 2.45. The summed E-state index contributed by atoms with van der Waals surface area (Å²) in [5.41, 5.74) is 4.20. The summed E-state index contributed by atoms with van der Waals surface area (Å²) in [6.45, 7) is 11.8. The van der Waals surface area contributed by atoms with Crippen molar-refractivity contribution in [3.63, 3.8) is 0 Å². The maximum absolute atomic E-state index is 13.3. The molecular weight excluding hydrogens is 676 g/mol. The smallest absolute Gasteiger partial charge is 0.379 e. The van der Waals surface area contributed by atoms with Gasteiger partial charge in [-0.3, -0.25) is 4.79 Å². The monoisotopic (exact) mass is 723 g/mol. The van der Waals surface area contributed by atoms with Crippen LogP contribution in [0.2, 0.25) is 0 Å². The molecule has 1 aliphatic carbocycles. The van der Waals surface area contributed by atoms with Crippen molar-refractivity contribution in [3.05, 3.63) is 132 Å². The number of halogens is 6. The normalized spacial score (nSPS) is 13.1. The average Bonchev–Trinajstić information content (AvgIpc) is 3.43. The SMILES string of the molecule is C=C(NCC(F)(F)F)C1(CCCCN(CC)CCCNC(=O)c2ccccc2-c2ccc(C(F)(F)F)cc2)c2ccccc2-c2ccccc21.CC. The first kappa shape index (κ1) is 40.2. The minimum atomic E-state index is -4.44. The number of fused-ring (bicyclic) bond motifs is 3. The predicted molar refractivity (Wildman–Crippen MR) is 197 cm³/mol. The lowest BCUT2D eigenvalue weighted by molar-refractivity contribution is -0.137. The fourth-order valence-electron chi connectivity index (χ4n) is 6.95. The van der Waals surface area contributed by atoms with E-state index in [2.05, 4.69) is 29.0 Å². The van der Waals surface area contributed by atoms with Gasteiger partial charge in [0.25, 0.3) is 5.91 Å². The van der Waals surface area contributed by atoms with Crippen LogP contribution in [0.25, 0.3) is 22.3 Å². The molecule has 0 spiro atoms. The number of unbranched alkanes of at least 4 members (excludes halogenated alkanes) is 1. The molecule has 4 aromatic carbocycles. The first-order valence-corrected chi connectivity index (χ1v) is 17.8. The topological polar surface area (TPSA) is 44.4 Å². The van der Waals surface area contributed by atoms with Crippen molar-refractivity contribution in [1.29, 1.82) is 0 Å². The minimum Gasteiger partial charge on any atom is -0.379 e. The van der Waals surface area contributed by atoms with Crippen molar-refractivity contribution >= 4 is 5.91 Å². The fraction of sp³-hybridized carbons (Fsp3) is 0.357. The number of nitrogens with one attached hydrogen (secondary N) is 2. The zero-order valence-electron chi connectivity index (χ0n) is 29.9. The third-order valence-corrected chi connectivity index (χ3v) is 9.44. The van der Waals surface area contributed by atoms with E-state index in [-0.39, 0.29) is 5.91 Å². The van der Waals surface area contributed by atoms with Crippen LogP contribution < -0.4 is 10.6 Å². The van der Waals surface area contributed by atoms with Crippen LogP contribution >= 0.6 is 0 Å². The number of carbonyl (C=O) groups excluding carboxylic acids is 1. The van der Waals surface area contributed by atoms with Crippen molar-refractivity contribution in [3.8, 4) is 22.3 Å². The number of nitrogens with zero attached hydrogens (tertiary/aromatic N) is 1. The Bertz CT molecular complexity index is 1740. The van der Waals surface area contributed by atoms with Gasteiger partial charge in [-0.1, -0.05) is 113 Å². The molecule has 0 heterocycles. The van der Waals surface area contributed by atoms with Crippen LogP contribution in [0.15, 0.2) is 109 Å². The molecule has 5 rings (SSSR count). The zero-order valence-corrected chi connectivity index (χ0v) is 29.9. The third-order valence-electron chi connectivity index (χ3n) is 9.44. The largest absolute Gasteiger partial charge is 0.416 e. The quantitative estimate of drug-likeness (QED) is 0.0948. The summed E-state index contributed by atoms with van der Waals surface area (Å²) in [5, 5.41) is 5.56. The molecule has 0 atom stereocenters. The van der Waals surface area contributed by atoms with E-state index >= 15 is 0 Å². The van der Waals surface area contributed by atoms with Crippen LogP contribution in [0.3, 0.4) is 0 Å². The molecule has 4 nitrogen and oxygen atoms in total. The summed E-state index contributed by atoms with van der Waals surface area (Å²) in [6.07, 6.45) is -5.97. The van der Waals surface area contributed by atoms with E-state index in [0.717, 1.165) is 66.9 Å². The predicted octanol–water partition coefficient (Wildman–Crippen LogP) is 10.6. The highest BCUT2D eigenvalue weighted by Crippen LogP contribution is 2.54. The van der Waals surface area contributed by atoms with Gasteiger partial charge >= 0.3 is 12.4 Å². The molecule has 1 amide bonds. The summed E-state index contributed by atoms with van der Waals surface area (Å²) >= 11 is 0. The van der Waals surface area contributed by atoms with Crippen molar-refractivity contribution in [2.75, 3.05) is 32.7 Å². The lowest BCUT2D eigenvalue weighted by Crippen LogP contribution is -2.39. The van der Waals surface area contributed by atoms with Gasteiger partial charge in [0.1, 0.15) is 6.54 Å². The number of benzene rings is 4. The Morgan fingerprint density at radius 1 is 0.712 bits per heavy atom. The minimum absolute atomic E-state index is 0.301. The van der Waals surface area contributed by atoms with Gasteiger partial charge in [-0.25, -0.2) is 0 Å². The molecule has 0 radical (unpaired) electrons. The van der Waals surface area contributed by atoms with Crippen molar-refractivity contribution in [2.45, 2.75) is 64.2 Å². The highest BCUT2D eigenvalue weighted by atomic mass is 19.4. The second-order valence-electron chi connectivity index (χ2n) is 12.6. The summed E-state index contributed by atoms with van der Waals surface area (Å²) in [6, 6.07) is 27.3. The number of allylic oxidation sites excluding steroid dienone is 1. The van der Waals surface area contributed by atoms with Gasteiger partial charge < -0.3 is 15.5 Å². The molecule has 10 heteroatoms. The van der Waals surface area contributed by atoms with E-state index < -0.39 is 29.9 Å². The molecule has 52 heavy (non-hydrogen) atoms. The number of rotatable bonds is 15. The van der Waals surface area contributed by atoms with E-state index in [4.69, 9.17) is 0 Å². The molecule has 4 aromatic rings. The molecule has 0 aromatic heterocycles. The summed E-state index contributed by atoms with van der Waals surface area (Å²) in [5.74, 6) is -0.301. The lowest BCUT2D eigenvalue weighted by Gasteiger charge is -2.35. The second-order valence-corrected chi connectivity index (χ2v) is 12.6. The third kappa shape index (κ3) is 9.45. The average molecular weight is 724 g/mol. The van der Waals surface area contributed by atoms with Crippen LogP contribution in [-0.2, 0) is 11.6 Å². The fourth-order valence-corrected chi connectivity index (χ4v) is 6.95. The van der Waals surface area contributed by atoms with Gasteiger partial charge in [-0.2, -0.15) is 26.3 Å². The summed E-state index contributed by atoms with van der Waals surface area (Å²) in [4.78, 5) is 15.4. The van der Waals surface area contributed by atoms with Crippen molar-refractivity contribution < 1.29 is 31.1 Å². The standard InChI is InChI=1S/C40H41F6N3O.C2H6/c1-3-49(26-12-24-47-37(50)34-16-5-4-13-31(34)29-19-21-30(22-20-29)40(44,45)46)25-11-10-23-38(28(2)48-27-39(41,42)43)35-17-8-6-14-32(35)33-15-7-9-18-36(33)38;1-2/h4-9,13-22,48H,2-3,10-12,23-27H2,1H3,(H,47,50);1-2H3. The van der Waals surface area contributed by atoms with Crippen LogP contribution in [0, 0.1) is 0 Å². The first-order valence-electron chi connectivity index (χ1n) is 17.8. The lowest BCUT2D eigenvalue weighted by atomic mass is 9.72. The summed E-state index contributed by atoms with van der Waals surface area (Å²) < 4.78 is 78.9. The molecule has 1 aliphatic rings. The van der Waals surface area contributed by atoms with Crippen LogP contribution in [-0.4, -0.2) is 49.7 Å². The zero-order chi connectivity index (χ0) is 37.9. The Kier molecular flexibility index (Phi) is 13.7. The maximum Gasteiger partial charge on any atom is 0.416 e. The van der Waals surface area contributed by atoms with E-state index in [9.17, 15) is 31.1 Å². The Hall–Kier alpha value is -4.57. The molecule has 278 valence electrons. The van der Waals surface area contributed by atoms with Crippen LogP contribution in [0.4, 0.5) is 26.3 Å². The second kappa shape index (κ2) is 17.8. The Morgan fingerprint density at radius 2 is 1.25 bits per heavy atom. The molecule has 2 N–H and O–H groups in total. The Morgan fingerprint density at radius 3 is 1.81 bits per heavy atom. The van der Waals surface area contributed by atoms with Gasteiger partial charge in [0, 0.05) is 17.8 Å². The van der Waals surface area contributed by atoms with Gasteiger partial charge in [-0.15, -0.1) is 0 Å². The maximum atomic E-state index is 13.3. The van der Waals surface area contributed by atoms with Crippen molar-refractivity contribution in [1.82, 2.24) is 15.5 Å². The van der Waals surface area contributed by atoms with E-state index in [1.807, 2.05) is 62.4 Å².